The predicted octanol–water partition coefficient (Wildman–Crippen LogP) is 3.22. The Labute approximate surface area is 169 Å². The van der Waals surface area contributed by atoms with Crippen LogP contribution in [0.3, 0.4) is 0 Å². The second-order valence-electron chi connectivity index (χ2n) is 6.25. The third-order valence-corrected chi connectivity index (χ3v) is 5.44. The Morgan fingerprint density at radius 3 is 2.59 bits per heavy atom. The first-order chi connectivity index (χ1) is 13.8. The number of benzene rings is 1. The van der Waals surface area contributed by atoms with Gasteiger partial charge in [0, 0.05) is 30.9 Å². The molecule has 0 saturated heterocycles. The lowest BCUT2D eigenvalue weighted by atomic mass is 10.1. The van der Waals surface area contributed by atoms with Gasteiger partial charge in [-0.2, -0.15) is 0 Å². The molecule has 0 atom stereocenters. The largest absolute Gasteiger partial charge is 0.497 e. The maximum absolute atomic E-state index is 12.8. The molecule has 2 heterocycles. The van der Waals surface area contributed by atoms with Gasteiger partial charge in [0.15, 0.2) is 0 Å². The van der Waals surface area contributed by atoms with E-state index in [1.54, 1.807) is 49.6 Å². The Bertz CT molecular complexity index is 1160. The van der Waals surface area contributed by atoms with Gasteiger partial charge in [-0.3, -0.25) is 14.5 Å². The van der Waals surface area contributed by atoms with Gasteiger partial charge in [0.2, 0.25) is 5.91 Å². The second-order valence-corrected chi connectivity index (χ2v) is 7.93. The lowest BCUT2D eigenvalue weighted by Gasteiger charge is -2.13. The van der Waals surface area contributed by atoms with Crippen molar-refractivity contribution in [3.63, 3.8) is 0 Å². The van der Waals surface area contributed by atoms with E-state index in [1.807, 2.05) is 0 Å². The molecule has 0 aliphatic carbocycles. The number of sulfonamides is 1. The van der Waals surface area contributed by atoms with Crippen LogP contribution in [-0.4, -0.2) is 31.4 Å². The van der Waals surface area contributed by atoms with Crippen LogP contribution in [0.25, 0.3) is 11.1 Å². The van der Waals surface area contributed by atoms with Crippen LogP contribution in [-0.2, 0) is 14.8 Å². The minimum atomic E-state index is -3.83. The molecule has 0 aliphatic heterocycles. The van der Waals surface area contributed by atoms with Crippen molar-refractivity contribution >= 4 is 27.4 Å². The first-order valence-corrected chi connectivity index (χ1v) is 10.1. The van der Waals surface area contributed by atoms with Gasteiger partial charge in [-0.05, 0) is 42.8 Å². The van der Waals surface area contributed by atoms with Crippen LogP contribution >= 0.6 is 0 Å². The number of methoxy groups -OCH3 is 1. The van der Waals surface area contributed by atoms with Gasteiger partial charge in [0.05, 0.1) is 23.4 Å². The summed E-state index contributed by atoms with van der Waals surface area (Å²) in [6, 6.07) is 11.3. The topological polar surface area (TPSA) is 110 Å². The quantitative estimate of drug-likeness (QED) is 0.643. The molecule has 0 unspecified atom stereocenters. The molecule has 0 saturated carbocycles. The second kappa shape index (κ2) is 8.27. The third-order valence-electron chi connectivity index (χ3n) is 4.08. The van der Waals surface area contributed by atoms with Gasteiger partial charge in [-0.1, -0.05) is 6.07 Å². The smallest absolute Gasteiger partial charge is 0.262 e. The van der Waals surface area contributed by atoms with Crippen LogP contribution < -0.4 is 14.8 Å². The summed E-state index contributed by atoms with van der Waals surface area (Å²) in [5, 5.41) is 2.62. The van der Waals surface area contributed by atoms with Crippen molar-refractivity contribution in [3.05, 3.63) is 60.6 Å². The van der Waals surface area contributed by atoms with Gasteiger partial charge in [-0.15, -0.1) is 0 Å². The zero-order chi connectivity index (χ0) is 21.0. The molecule has 9 heteroatoms. The number of nitrogens with zero attached hydrogens (tertiary/aromatic N) is 2. The van der Waals surface area contributed by atoms with Gasteiger partial charge < -0.3 is 10.1 Å². The molecule has 2 aromatic heterocycles. The van der Waals surface area contributed by atoms with Crippen LogP contribution in [0.1, 0.15) is 12.6 Å². The fourth-order valence-corrected chi connectivity index (χ4v) is 3.77. The number of ether oxygens (including phenoxy) is 1. The zero-order valence-corrected chi connectivity index (χ0v) is 16.9. The zero-order valence-electron chi connectivity index (χ0n) is 16.1. The lowest BCUT2D eigenvalue weighted by molar-refractivity contribution is -0.114. The number of amides is 1. The number of hydrogen-bond donors (Lipinski definition) is 2. The van der Waals surface area contributed by atoms with Gasteiger partial charge in [-0.25, -0.2) is 13.4 Å². The van der Waals surface area contributed by atoms with Crippen molar-refractivity contribution in [2.24, 2.45) is 0 Å². The van der Waals surface area contributed by atoms with E-state index in [0.717, 1.165) is 5.56 Å². The molecule has 3 aromatic rings. The number of hydrogen-bond acceptors (Lipinski definition) is 6. The molecule has 0 spiro atoms. The molecule has 0 aliphatic rings. The number of carbonyl (C=O) groups is 1. The Morgan fingerprint density at radius 2 is 1.86 bits per heavy atom. The number of nitrogens with one attached hydrogen (secondary N) is 2. The summed E-state index contributed by atoms with van der Waals surface area (Å²) >= 11 is 0. The number of aromatic nitrogens is 2. The van der Waals surface area contributed by atoms with E-state index in [0.29, 0.717) is 28.5 Å². The highest BCUT2D eigenvalue weighted by Crippen LogP contribution is 2.27. The monoisotopic (exact) mass is 412 g/mol. The molecule has 0 radical (unpaired) electrons. The van der Waals surface area contributed by atoms with Crippen LogP contribution in [0.4, 0.5) is 11.5 Å². The van der Waals surface area contributed by atoms with Crippen LogP contribution in [0.2, 0.25) is 0 Å². The van der Waals surface area contributed by atoms with Crippen molar-refractivity contribution in [2.45, 2.75) is 18.7 Å². The molecule has 8 nitrogen and oxygen atoms in total. The molecule has 1 amide bonds. The fraction of sp³-hybridized carbons (Fsp3) is 0.150. The molecule has 29 heavy (non-hydrogen) atoms. The van der Waals surface area contributed by atoms with Gasteiger partial charge in [0.1, 0.15) is 11.6 Å². The summed E-state index contributed by atoms with van der Waals surface area (Å²) in [6.45, 7) is 3.11. The number of rotatable bonds is 6. The summed E-state index contributed by atoms with van der Waals surface area (Å²) in [5.74, 6) is 0.608. The van der Waals surface area contributed by atoms with Crippen LogP contribution in [0.15, 0.2) is 59.8 Å². The van der Waals surface area contributed by atoms with E-state index in [4.69, 9.17) is 4.74 Å². The highest BCUT2D eigenvalue weighted by atomic mass is 32.2. The third kappa shape index (κ3) is 4.88. The minimum absolute atomic E-state index is 0.0820. The molecule has 1 aromatic carbocycles. The van der Waals surface area contributed by atoms with Crippen molar-refractivity contribution in [1.29, 1.82) is 0 Å². The maximum atomic E-state index is 12.8. The van der Waals surface area contributed by atoms with E-state index < -0.39 is 10.0 Å². The van der Waals surface area contributed by atoms with E-state index in [1.165, 1.54) is 26.2 Å². The molecule has 3 rings (SSSR count). The van der Waals surface area contributed by atoms with Crippen molar-refractivity contribution in [2.75, 3.05) is 17.1 Å². The number of pyridine rings is 2. The molecule has 2 N–H and O–H groups in total. The van der Waals surface area contributed by atoms with E-state index in [9.17, 15) is 13.2 Å². The van der Waals surface area contributed by atoms with E-state index in [-0.39, 0.29) is 10.8 Å². The number of carbonyl (C=O) groups excluding carboxylic acids is 1. The Balaban J connectivity index is 1.94. The fourth-order valence-electron chi connectivity index (χ4n) is 2.63. The molecule has 0 fully saturated rings. The van der Waals surface area contributed by atoms with Crippen LogP contribution in [0.5, 0.6) is 5.75 Å². The Hall–Kier alpha value is -3.46. The normalized spacial score (nSPS) is 11.0. The standard InChI is InChI=1S/C20H20N4O4S/c1-13-19(24-29(26,27)18-6-4-5-17(11-18)28-3)9-16(12-22-13)15-7-8-21-20(10-15)23-14(2)25/h4-12,24H,1-3H3,(H,21,23,25). The Morgan fingerprint density at radius 1 is 1.07 bits per heavy atom. The summed E-state index contributed by atoms with van der Waals surface area (Å²) in [5.41, 5.74) is 2.28. The first kappa shape index (κ1) is 20.3. The first-order valence-electron chi connectivity index (χ1n) is 8.66. The average Bonchev–Trinajstić information content (AvgIpc) is 2.69. The summed E-state index contributed by atoms with van der Waals surface area (Å²) < 4.78 is 33.3. The molecule has 0 bridgehead atoms. The number of anilines is 2. The molecule has 150 valence electrons. The maximum Gasteiger partial charge on any atom is 0.262 e. The van der Waals surface area contributed by atoms with Gasteiger partial charge >= 0.3 is 0 Å². The SMILES string of the molecule is COc1cccc(S(=O)(=O)Nc2cc(-c3ccnc(NC(C)=O)c3)cnc2C)c1. The van der Waals surface area contributed by atoms with Crippen molar-refractivity contribution in [3.8, 4) is 16.9 Å². The summed E-state index contributed by atoms with van der Waals surface area (Å²) in [7, 11) is -2.36. The van der Waals surface area contributed by atoms with Crippen molar-refractivity contribution < 1.29 is 17.9 Å². The van der Waals surface area contributed by atoms with Crippen LogP contribution in [0, 0.1) is 6.92 Å². The highest BCUT2D eigenvalue weighted by molar-refractivity contribution is 7.92. The average molecular weight is 412 g/mol. The lowest BCUT2D eigenvalue weighted by Crippen LogP contribution is -2.14. The van der Waals surface area contributed by atoms with Gasteiger partial charge in [0.25, 0.3) is 10.0 Å². The summed E-state index contributed by atoms with van der Waals surface area (Å²) in [6.07, 6.45) is 3.19. The predicted molar refractivity (Wildman–Crippen MR) is 110 cm³/mol. The van der Waals surface area contributed by atoms with Crippen molar-refractivity contribution in [1.82, 2.24) is 9.97 Å². The molecular formula is C20H20N4O4S. The summed E-state index contributed by atoms with van der Waals surface area (Å²) in [4.78, 5) is 19.7. The van der Waals surface area contributed by atoms with E-state index in [2.05, 4.69) is 20.0 Å². The number of aryl methyl sites for hydroxylation is 1. The minimum Gasteiger partial charge on any atom is -0.497 e. The highest BCUT2D eigenvalue weighted by Gasteiger charge is 2.17. The molecular weight excluding hydrogens is 392 g/mol. The van der Waals surface area contributed by atoms with E-state index >= 15 is 0 Å². The Kier molecular flexibility index (Phi) is 5.79.